The smallest absolute Gasteiger partial charge is 0.307 e. The van der Waals surface area contributed by atoms with E-state index in [1.165, 1.54) is 0 Å². The van der Waals surface area contributed by atoms with Gasteiger partial charge in [-0.25, -0.2) is 9.50 Å². The van der Waals surface area contributed by atoms with Gasteiger partial charge in [0.2, 0.25) is 0 Å². The number of piperidine rings is 1. The predicted octanol–water partition coefficient (Wildman–Crippen LogP) is 2.29. The molecule has 1 aliphatic rings. The lowest BCUT2D eigenvalue weighted by atomic mass is 9.99. The van der Waals surface area contributed by atoms with Crippen LogP contribution >= 0.6 is 0 Å². The molecule has 2 aromatic rings. The lowest BCUT2D eigenvalue weighted by Gasteiger charge is -2.35. The summed E-state index contributed by atoms with van der Waals surface area (Å²) < 4.78 is 6.79. The van der Waals surface area contributed by atoms with Crippen molar-refractivity contribution in [2.24, 2.45) is 0 Å². The van der Waals surface area contributed by atoms with Crippen LogP contribution in [-0.4, -0.2) is 50.6 Å². The standard InChI is InChI=1S/C18H24N4O3/c1-4-25-17(23)11-14-7-5-6-8-21(14)18(24)15-10-13(3)22-16(19-15)9-12(2)20-22/h9-10,14H,4-8,11H2,1-3H3/t14-/m1/s1. The first-order chi connectivity index (χ1) is 12.0. The fourth-order valence-electron chi connectivity index (χ4n) is 3.39. The largest absolute Gasteiger partial charge is 0.466 e. The number of carbonyl (C=O) groups excluding carboxylic acids is 2. The zero-order valence-corrected chi connectivity index (χ0v) is 15.0. The highest BCUT2D eigenvalue weighted by atomic mass is 16.5. The molecule has 0 bridgehead atoms. The zero-order chi connectivity index (χ0) is 18.0. The van der Waals surface area contributed by atoms with Gasteiger partial charge in [-0.3, -0.25) is 9.59 Å². The van der Waals surface area contributed by atoms with Gasteiger partial charge in [-0.2, -0.15) is 5.10 Å². The molecule has 0 aromatic carbocycles. The lowest BCUT2D eigenvalue weighted by molar-refractivity contribution is -0.144. The highest BCUT2D eigenvalue weighted by Crippen LogP contribution is 2.22. The summed E-state index contributed by atoms with van der Waals surface area (Å²) in [6.07, 6.45) is 3.02. The van der Waals surface area contributed by atoms with Gasteiger partial charge in [-0.05, 0) is 46.1 Å². The highest BCUT2D eigenvalue weighted by Gasteiger charge is 2.30. The monoisotopic (exact) mass is 344 g/mol. The number of esters is 1. The SMILES string of the molecule is CCOC(=O)C[C@H]1CCCCN1C(=O)c1cc(C)n2nc(C)cc2n1. The summed E-state index contributed by atoms with van der Waals surface area (Å²) in [7, 11) is 0. The molecule has 0 aliphatic carbocycles. The summed E-state index contributed by atoms with van der Waals surface area (Å²) in [6.45, 7) is 6.60. The highest BCUT2D eigenvalue weighted by molar-refractivity contribution is 5.93. The maximum absolute atomic E-state index is 13.0. The number of fused-ring (bicyclic) bond motifs is 1. The fraction of sp³-hybridized carbons (Fsp3) is 0.556. The molecule has 7 heteroatoms. The third kappa shape index (κ3) is 3.65. The van der Waals surface area contributed by atoms with Gasteiger partial charge in [-0.1, -0.05) is 0 Å². The van der Waals surface area contributed by atoms with Crippen molar-refractivity contribution < 1.29 is 14.3 Å². The number of hydrogen-bond donors (Lipinski definition) is 0. The quantitative estimate of drug-likeness (QED) is 0.796. The molecule has 0 saturated carbocycles. The minimum absolute atomic E-state index is 0.120. The maximum atomic E-state index is 13.0. The van der Waals surface area contributed by atoms with Crippen molar-refractivity contribution >= 4 is 17.5 Å². The molecule has 7 nitrogen and oxygen atoms in total. The van der Waals surface area contributed by atoms with Crippen molar-refractivity contribution in [3.63, 3.8) is 0 Å². The van der Waals surface area contributed by atoms with Crippen LogP contribution in [0.2, 0.25) is 0 Å². The minimum atomic E-state index is -0.252. The molecular weight excluding hydrogens is 320 g/mol. The fourth-order valence-corrected chi connectivity index (χ4v) is 3.39. The van der Waals surface area contributed by atoms with Crippen LogP contribution in [0.5, 0.6) is 0 Å². The maximum Gasteiger partial charge on any atom is 0.307 e. The Morgan fingerprint density at radius 2 is 2.08 bits per heavy atom. The molecule has 134 valence electrons. The Kier molecular flexibility index (Phi) is 5.01. The summed E-state index contributed by atoms with van der Waals surface area (Å²) in [5.74, 6) is -0.378. The molecule has 2 aromatic heterocycles. The number of carbonyl (C=O) groups is 2. The third-order valence-electron chi connectivity index (χ3n) is 4.54. The van der Waals surface area contributed by atoms with Crippen molar-refractivity contribution in [2.45, 2.75) is 52.5 Å². The molecule has 3 heterocycles. The molecule has 1 amide bonds. The molecule has 25 heavy (non-hydrogen) atoms. The minimum Gasteiger partial charge on any atom is -0.466 e. The number of amides is 1. The Morgan fingerprint density at radius 3 is 2.84 bits per heavy atom. The van der Waals surface area contributed by atoms with E-state index in [9.17, 15) is 9.59 Å². The van der Waals surface area contributed by atoms with Crippen molar-refractivity contribution in [3.8, 4) is 0 Å². The molecule has 3 rings (SSSR count). The van der Waals surface area contributed by atoms with Crippen molar-refractivity contribution in [1.29, 1.82) is 0 Å². The summed E-state index contributed by atoms with van der Waals surface area (Å²) >= 11 is 0. The molecular formula is C18H24N4O3. The molecule has 0 spiro atoms. The molecule has 1 saturated heterocycles. The second-order valence-electron chi connectivity index (χ2n) is 6.50. The van der Waals surface area contributed by atoms with E-state index >= 15 is 0 Å². The van der Waals surface area contributed by atoms with Crippen LogP contribution in [0.1, 0.15) is 54.5 Å². The lowest BCUT2D eigenvalue weighted by Crippen LogP contribution is -2.45. The Morgan fingerprint density at radius 1 is 1.28 bits per heavy atom. The van der Waals surface area contributed by atoms with Crippen LogP contribution in [0.3, 0.4) is 0 Å². The van der Waals surface area contributed by atoms with E-state index < -0.39 is 0 Å². The third-order valence-corrected chi connectivity index (χ3v) is 4.54. The van der Waals surface area contributed by atoms with Crippen LogP contribution < -0.4 is 0 Å². The van der Waals surface area contributed by atoms with Gasteiger partial charge in [0, 0.05) is 24.3 Å². The van der Waals surface area contributed by atoms with Crippen LogP contribution in [0, 0.1) is 13.8 Å². The molecule has 1 atom stereocenters. The van der Waals surface area contributed by atoms with E-state index in [1.54, 1.807) is 22.4 Å². The number of hydrogen-bond acceptors (Lipinski definition) is 5. The van der Waals surface area contributed by atoms with E-state index in [2.05, 4.69) is 10.1 Å². The average molecular weight is 344 g/mol. The van der Waals surface area contributed by atoms with Gasteiger partial charge in [0.1, 0.15) is 5.69 Å². The normalized spacial score (nSPS) is 17.7. The van der Waals surface area contributed by atoms with Gasteiger partial charge in [0.25, 0.3) is 5.91 Å². The van der Waals surface area contributed by atoms with Gasteiger partial charge >= 0.3 is 5.97 Å². The Bertz CT molecular complexity index is 799. The van der Waals surface area contributed by atoms with Crippen molar-refractivity contribution in [1.82, 2.24) is 19.5 Å². The number of nitrogens with zero attached hydrogens (tertiary/aromatic N) is 4. The number of aromatic nitrogens is 3. The topological polar surface area (TPSA) is 76.8 Å². The van der Waals surface area contributed by atoms with E-state index in [4.69, 9.17) is 4.74 Å². The van der Waals surface area contributed by atoms with Crippen LogP contribution in [0.25, 0.3) is 5.65 Å². The van der Waals surface area contributed by atoms with E-state index in [0.29, 0.717) is 24.5 Å². The van der Waals surface area contributed by atoms with Gasteiger partial charge in [-0.15, -0.1) is 0 Å². The average Bonchev–Trinajstić information content (AvgIpc) is 2.96. The van der Waals surface area contributed by atoms with E-state index in [-0.39, 0.29) is 24.3 Å². The second-order valence-corrected chi connectivity index (χ2v) is 6.50. The number of rotatable bonds is 4. The van der Waals surface area contributed by atoms with Gasteiger partial charge in [0.05, 0.1) is 18.7 Å². The predicted molar refractivity (Wildman–Crippen MR) is 92.4 cm³/mol. The summed E-state index contributed by atoms with van der Waals surface area (Å²) in [6, 6.07) is 3.50. The van der Waals surface area contributed by atoms with Gasteiger partial charge in [0.15, 0.2) is 5.65 Å². The molecule has 1 aliphatic heterocycles. The Labute approximate surface area is 147 Å². The first-order valence-electron chi connectivity index (χ1n) is 8.80. The van der Waals surface area contributed by atoms with Gasteiger partial charge < -0.3 is 9.64 Å². The Hall–Kier alpha value is -2.44. The second kappa shape index (κ2) is 7.21. The van der Waals surface area contributed by atoms with Crippen molar-refractivity contribution in [3.05, 3.63) is 29.2 Å². The van der Waals surface area contributed by atoms with Crippen LogP contribution in [0.15, 0.2) is 12.1 Å². The zero-order valence-electron chi connectivity index (χ0n) is 15.0. The first-order valence-corrected chi connectivity index (χ1v) is 8.80. The molecule has 0 N–H and O–H groups in total. The Balaban J connectivity index is 1.85. The molecule has 0 unspecified atom stereocenters. The number of ether oxygens (including phenoxy) is 1. The van der Waals surface area contributed by atoms with E-state index in [1.807, 2.05) is 19.9 Å². The summed E-state index contributed by atoms with van der Waals surface area (Å²) in [5.41, 5.74) is 2.79. The summed E-state index contributed by atoms with van der Waals surface area (Å²) in [4.78, 5) is 31.1. The van der Waals surface area contributed by atoms with Crippen molar-refractivity contribution in [2.75, 3.05) is 13.2 Å². The number of likely N-dealkylation sites (tertiary alicyclic amines) is 1. The summed E-state index contributed by atoms with van der Waals surface area (Å²) in [5, 5.41) is 4.37. The van der Waals surface area contributed by atoms with Crippen LogP contribution in [0.4, 0.5) is 0 Å². The molecule has 1 fully saturated rings. The van der Waals surface area contributed by atoms with E-state index in [0.717, 1.165) is 30.7 Å². The first kappa shape index (κ1) is 17.4. The van der Waals surface area contributed by atoms with Crippen LogP contribution in [-0.2, 0) is 9.53 Å². The number of aryl methyl sites for hydroxylation is 2. The molecule has 0 radical (unpaired) electrons.